The molecule has 1 aromatic heterocycles. The van der Waals surface area contributed by atoms with Crippen LogP contribution in [0.5, 0.6) is 0 Å². The summed E-state index contributed by atoms with van der Waals surface area (Å²) in [4.78, 5) is 28.7. The van der Waals surface area contributed by atoms with Gasteiger partial charge in [0.1, 0.15) is 18.7 Å². The van der Waals surface area contributed by atoms with Crippen molar-refractivity contribution in [2.24, 2.45) is 0 Å². The zero-order valence-corrected chi connectivity index (χ0v) is 26.4. The molecule has 1 saturated heterocycles. The highest BCUT2D eigenvalue weighted by atomic mass is 35.5. The van der Waals surface area contributed by atoms with Gasteiger partial charge in [-0.3, -0.25) is 9.69 Å². The van der Waals surface area contributed by atoms with E-state index in [1.165, 1.54) is 6.07 Å². The van der Waals surface area contributed by atoms with Gasteiger partial charge in [0.15, 0.2) is 5.69 Å². The van der Waals surface area contributed by atoms with E-state index in [1.54, 1.807) is 36.4 Å². The van der Waals surface area contributed by atoms with E-state index in [-0.39, 0.29) is 20.8 Å². The number of halogens is 5. The number of para-hydroxylation sites is 1. The molecule has 242 valence electrons. The van der Waals surface area contributed by atoms with E-state index in [2.05, 4.69) is 10.2 Å². The van der Waals surface area contributed by atoms with E-state index in [4.69, 9.17) is 27.6 Å². The fraction of sp³-hybridized carbons (Fsp3) is 0.200. The van der Waals surface area contributed by atoms with Gasteiger partial charge in [0, 0.05) is 45.7 Å². The Labute approximate surface area is 277 Å². The second kappa shape index (κ2) is 13.1. The lowest BCUT2D eigenvalue weighted by Crippen LogP contribution is -2.58. The molecule has 47 heavy (non-hydrogen) atoms. The number of piperazine rings is 1. The van der Waals surface area contributed by atoms with Crippen LogP contribution in [0.4, 0.5) is 24.5 Å². The fourth-order valence-electron chi connectivity index (χ4n) is 5.94. The molecule has 0 saturated carbocycles. The molecule has 0 atom stereocenters. The Hall–Kier alpha value is -4.19. The van der Waals surface area contributed by atoms with Crippen LogP contribution >= 0.6 is 23.2 Å². The number of carbonyl (C=O) groups excluding carboxylic acids is 1. The molecule has 0 spiro atoms. The number of hydrogen-bond donors (Lipinski definition) is 2. The first kappa shape index (κ1) is 32.7. The number of nitrogens with zero attached hydrogens (tertiary/aromatic N) is 2. The van der Waals surface area contributed by atoms with Gasteiger partial charge in [0.25, 0.3) is 0 Å². The van der Waals surface area contributed by atoms with Crippen molar-refractivity contribution in [2.45, 2.75) is 19.1 Å². The molecule has 5 aromatic rings. The molecular weight excluding hydrogens is 654 g/mol. The molecule has 0 aliphatic carbocycles. The summed E-state index contributed by atoms with van der Waals surface area (Å²) in [5, 5.41) is 14.3. The Morgan fingerprint density at radius 3 is 2.26 bits per heavy atom. The number of anilines is 1. The highest BCUT2D eigenvalue weighted by Crippen LogP contribution is 2.38. The maximum Gasteiger partial charge on any atom is 0.418 e. The van der Waals surface area contributed by atoms with E-state index in [1.807, 2.05) is 36.4 Å². The summed E-state index contributed by atoms with van der Waals surface area (Å²) in [6.07, 6.45) is -5.32. The van der Waals surface area contributed by atoms with Crippen LogP contribution in [-0.4, -0.2) is 42.2 Å². The Morgan fingerprint density at radius 1 is 0.936 bits per heavy atom. The Morgan fingerprint density at radius 2 is 1.60 bits per heavy atom. The molecule has 0 bridgehead atoms. The molecule has 12 heteroatoms. The molecule has 2 heterocycles. The van der Waals surface area contributed by atoms with Gasteiger partial charge in [-0.25, -0.2) is 10.0 Å². The van der Waals surface area contributed by atoms with Gasteiger partial charge in [-0.1, -0.05) is 71.7 Å². The number of fused-ring (bicyclic) bond motifs is 1. The molecule has 0 radical (unpaired) electrons. The number of benzene rings is 4. The number of nitrogens with one attached hydrogen (secondary N) is 1. The van der Waals surface area contributed by atoms with Crippen LogP contribution in [0.2, 0.25) is 10.0 Å². The van der Waals surface area contributed by atoms with Crippen LogP contribution in [0.1, 0.15) is 16.7 Å². The van der Waals surface area contributed by atoms with E-state index < -0.39 is 35.4 Å². The van der Waals surface area contributed by atoms with Crippen molar-refractivity contribution < 1.29 is 27.6 Å². The van der Waals surface area contributed by atoms with Gasteiger partial charge in [0.2, 0.25) is 5.91 Å². The predicted octanol–water partition coefficient (Wildman–Crippen LogP) is 8.18. The summed E-state index contributed by atoms with van der Waals surface area (Å²) < 4.78 is 46.5. The Kier molecular flexibility index (Phi) is 9.15. The van der Waals surface area contributed by atoms with Crippen LogP contribution in [-0.2, 0) is 23.9 Å². The van der Waals surface area contributed by atoms with Gasteiger partial charge < -0.3 is 9.73 Å². The zero-order chi connectivity index (χ0) is 33.3. The summed E-state index contributed by atoms with van der Waals surface area (Å²) in [7, 11) is 0. The molecule has 0 unspecified atom stereocenters. The van der Waals surface area contributed by atoms with Crippen LogP contribution in [0.3, 0.4) is 0 Å². The number of rotatable bonds is 7. The smallest absolute Gasteiger partial charge is 0.418 e. The molecule has 2 N–H and O–H groups in total. The van der Waals surface area contributed by atoms with E-state index in [0.29, 0.717) is 54.3 Å². The first-order valence-corrected chi connectivity index (χ1v) is 15.5. The van der Waals surface area contributed by atoms with Crippen molar-refractivity contribution >= 4 is 51.5 Å². The number of amides is 1. The van der Waals surface area contributed by atoms with E-state index in [9.17, 15) is 28.0 Å². The monoisotopic (exact) mass is 682 g/mol. The zero-order valence-electron chi connectivity index (χ0n) is 24.9. The first-order chi connectivity index (χ1) is 22.4. The highest BCUT2D eigenvalue weighted by molar-refractivity contribution is 6.32. The topological polar surface area (TPSA) is 82.8 Å². The third-order valence-electron chi connectivity index (χ3n) is 8.33. The quantitative estimate of drug-likeness (QED) is 0.134. The molecule has 1 aliphatic heterocycles. The second-order valence-electron chi connectivity index (χ2n) is 11.4. The third kappa shape index (κ3) is 7.07. The lowest BCUT2D eigenvalue weighted by molar-refractivity contribution is -0.137. The van der Waals surface area contributed by atoms with Gasteiger partial charge in [-0.15, -0.1) is 4.65 Å². The molecule has 1 fully saturated rings. The van der Waals surface area contributed by atoms with Crippen molar-refractivity contribution in [3.05, 3.63) is 128 Å². The first-order valence-electron chi connectivity index (χ1n) is 14.8. The predicted molar refractivity (Wildman–Crippen MR) is 177 cm³/mol. The van der Waals surface area contributed by atoms with Crippen LogP contribution < -0.4 is 15.6 Å². The lowest BCUT2D eigenvalue weighted by Gasteiger charge is -2.38. The molecule has 1 amide bonds. The second-order valence-corrected chi connectivity index (χ2v) is 12.3. The number of quaternary nitrogens is 1. The Bertz CT molecular complexity index is 2000. The maximum atomic E-state index is 13.7. The van der Waals surface area contributed by atoms with Crippen LogP contribution in [0.15, 0.2) is 100 Å². The summed E-state index contributed by atoms with van der Waals surface area (Å²) in [5.41, 5.74) is 0.402. The molecule has 7 nitrogen and oxygen atoms in total. The maximum absolute atomic E-state index is 13.7. The normalized spacial score (nSPS) is 15.1. The highest BCUT2D eigenvalue weighted by Gasteiger charge is 2.35. The van der Waals surface area contributed by atoms with Crippen LogP contribution in [0, 0.1) is 0 Å². The van der Waals surface area contributed by atoms with Gasteiger partial charge in [-0.05, 0) is 35.4 Å². The number of alkyl halides is 3. The Balaban J connectivity index is 1.33. The molecule has 4 aromatic carbocycles. The van der Waals surface area contributed by atoms with Crippen molar-refractivity contribution in [3.63, 3.8) is 0 Å². The van der Waals surface area contributed by atoms with Gasteiger partial charge >= 0.3 is 11.8 Å². The van der Waals surface area contributed by atoms with Crippen molar-refractivity contribution in [2.75, 3.05) is 31.5 Å². The SMILES string of the molecule is O=C(Cc1c(-c2ccccc2)c2cc(CN3CC[N+](O)(c4ccccc4)CC3)c(Cl)cc2oc1=O)Nc1ccc(Cl)cc1C(F)(F)F. The fourth-order valence-corrected chi connectivity index (χ4v) is 6.32. The van der Waals surface area contributed by atoms with Crippen molar-refractivity contribution in [3.8, 4) is 11.1 Å². The lowest BCUT2D eigenvalue weighted by atomic mass is 9.94. The minimum Gasteiger partial charge on any atom is -0.422 e. The molecular formula is C35H29Cl2F3N3O4+. The standard InChI is InChI=1S/C35H28Cl2F3N3O4/c36-24-11-12-30(28(18-24)35(38,39)40)41-32(44)19-27-33(22-7-3-1-4-8-22)26-17-23(29(37)20-31(26)47-34(27)45)21-42-13-15-43(46,16-14-42)25-9-5-2-6-10-25/h1-12,17-18,20,46H,13-16,19,21H2/p+1. The summed E-state index contributed by atoms with van der Waals surface area (Å²) >= 11 is 12.5. The number of carbonyl (C=O) groups is 1. The summed E-state index contributed by atoms with van der Waals surface area (Å²) in [6, 6.07) is 24.8. The van der Waals surface area contributed by atoms with E-state index >= 15 is 0 Å². The van der Waals surface area contributed by atoms with Gasteiger partial charge in [-0.2, -0.15) is 13.2 Å². The number of hydrogen-bond acceptors (Lipinski definition) is 5. The summed E-state index contributed by atoms with van der Waals surface area (Å²) in [5.74, 6) is -0.840. The summed E-state index contributed by atoms with van der Waals surface area (Å²) in [6.45, 7) is 2.57. The number of hydroxylamine groups is 2. The molecule has 1 aliphatic rings. The third-order valence-corrected chi connectivity index (χ3v) is 8.92. The molecule has 6 rings (SSSR count). The van der Waals surface area contributed by atoms with E-state index in [0.717, 1.165) is 23.4 Å². The van der Waals surface area contributed by atoms with Crippen LogP contribution in [0.25, 0.3) is 22.1 Å². The largest absolute Gasteiger partial charge is 0.422 e. The minimum absolute atomic E-state index is 0.0137. The minimum atomic E-state index is -4.77. The average molecular weight is 684 g/mol. The van der Waals surface area contributed by atoms with Crippen molar-refractivity contribution in [1.82, 2.24) is 9.55 Å². The average Bonchev–Trinajstić information content (AvgIpc) is 3.04. The van der Waals surface area contributed by atoms with Crippen molar-refractivity contribution in [1.29, 1.82) is 0 Å². The van der Waals surface area contributed by atoms with Gasteiger partial charge in [0.05, 0.1) is 36.3 Å².